The second kappa shape index (κ2) is 6.27. The maximum Gasteiger partial charge on any atom is 0.220 e. The van der Waals surface area contributed by atoms with E-state index in [0.717, 1.165) is 5.56 Å². The Morgan fingerprint density at radius 2 is 2.05 bits per heavy atom. The molecule has 0 aliphatic carbocycles. The van der Waals surface area contributed by atoms with Gasteiger partial charge in [0.25, 0.3) is 0 Å². The Balaban J connectivity index is 1.87. The fourth-order valence-corrected chi connectivity index (χ4v) is 2.72. The molecule has 22 heavy (non-hydrogen) atoms. The molecule has 1 aliphatic rings. The first-order valence-corrected chi connectivity index (χ1v) is 7.24. The van der Waals surface area contributed by atoms with Gasteiger partial charge in [0.1, 0.15) is 11.9 Å². The first-order valence-electron chi connectivity index (χ1n) is 7.24. The van der Waals surface area contributed by atoms with Gasteiger partial charge in [-0.25, -0.2) is 4.98 Å². The van der Waals surface area contributed by atoms with Crippen molar-refractivity contribution in [2.45, 2.75) is 24.9 Å². The van der Waals surface area contributed by atoms with Gasteiger partial charge in [0.2, 0.25) is 5.91 Å². The number of hydrogen-bond acceptors (Lipinski definition) is 4. The number of hydrogen-bond donors (Lipinski definition) is 2. The molecule has 1 saturated heterocycles. The molecule has 2 heterocycles. The highest BCUT2D eigenvalue weighted by Crippen LogP contribution is 2.27. The van der Waals surface area contributed by atoms with E-state index < -0.39 is 0 Å². The number of carbonyl (C=O) groups excluding carboxylic acids is 1. The third-order valence-corrected chi connectivity index (χ3v) is 3.81. The Hall–Kier alpha value is -2.87. The first kappa shape index (κ1) is 14.1. The summed E-state index contributed by atoms with van der Waals surface area (Å²) in [5.74, 6) is 0.612. The van der Waals surface area contributed by atoms with Gasteiger partial charge in [-0.05, 0) is 24.1 Å². The first-order chi connectivity index (χ1) is 10.8. The Morgan fingerprint density at radius 1 is 1.23 bits per heavy atom. The van der Waals surface area contributed by atoms with E-state index in [1.807, 2.05) is 30.3 Å². The van der Waals surface area contributed by atoms with Crippen molar-refractivity contribution in [1.29, 1.82) is 5.26 Å². The molecule has 0 spiro atoms. The molecule has 0 bridgehead atoms. The molecule has 5 heteroatoms. The highest BCUT2D eigenvalue weighted by Gasteiger charge is 2.30. The van der Waals surface area contributed by atoms with Crippen molar-refractivity contribution >= 4 is 11.7 Å². The summed E-state index contributed by atoms with van der Waals surface area (Å²) in [4.78, 5) is 16.0. The third-order valence-electron chi connectivity index (χ3n) is 3.81. The normalized spacial score (nSPS) is 20.8. The van der Waals surface area contributed by atoms with Crippen molar-refractivity contribution < 1.29 is 4.79 Å². The van der Waals surface area contributed by atoms with Crippen LogP contribution in [-0.4, -0.2) is 16.9 Å². The van der Waals surface area contributed by atoms with Crippen LogP contribution in [0.2, 0.25) is 0 Å². The summed E-state index contributed by atoms with van der Waals surface area (Å²) in [5, 5.41) is 15.5. The van der Waals surface area contributed by atoms with Crippen LogP contribution in [0.4, 0.5) is 5.82 Å². The maximum absolute atomic E-state index is 11.8. The molecule has 0 unspecified atom stereocenters. The van der Waals surface area contributed by atoms with Gasteiger partial charge in [0, 0.05) is 12.6 Å². The average molecular weight is 292 g/mol. The van der Waals surface area contributed by atoms with Gasteiger partial charge in [-0.2, -0.15) is 5.26 Å². The van der Waals surface area contributed by atoms with Crippen LogP contribution in [0.15, 0.2) is 48.7 Å². The van der Waals surface area contributed by atoms with E-state index in [4.69, 9.17) is 0 Å². The monoisotopic (exact) mass is 292 g/mol. The number of nitrogens with zero attached hydrogens (tertiary/aromatic N) is 2. The molecule has 3 rings (SSSR count). The van der Waals surface area contributed by atoms with Crippen molar-refractivity contribution in [3.63, 3.8) is 0 Å². The number of aromatic nitrogens is 1. The fraction of sp³-hybridized carbons (Fsp3) is 0.235. The number of nitriles is 1. The van der Waals surface area contributed by atoms with Gasteiger partial charge >= 0.3 is 0 Å². The molecule has 1 aliphatic heterocycles. The highest BCUT2D eigenvalue weighted by atomic mass is 16.1. The molecular formula is C17H16N4O. The summed E-state index contributed by atoms with van der Waals surface area (Å²) in [6.07, 6.45) is 2.82. The Morgan fingerprint density at radius 3 is 2.82 bits per heavy atom. The number of rotatable bonds is 3. The minimum Gasteiger partial charge on any atom is -0.364 e. The van der Waals surface area contributed by atoms with E-state index in [9.17, 15) is 10.1 Å². The minimum absolute atomic E-state index is 0.00194. The number of benzene rings is 1. The molecular weight excluding hydrogens is 276 g/mol. The van der Waals surface area contributed by atoms with Crippen LogP contribution in [0.1, 0.15) is 30.0 Å². The molecule has 0 radical (unpaired) electrons. The molecule has 110 valence electrons. The Bertz CT molecular complexity index is 708. The molecule has 2 N–H and O–H groups in total. The molecule has 1 aromatic heterocycles. The molecule has 0 saturated carbocycles. The summed E-state index contributed by atoms with van der Waals surface area (Å²) >= 11 is 0. The van der Waals surface area contributed by atoms with E-state index in [1.165, 1.54) is 0 Å². The van der Waals surface area contributed by atoms with Gasteiger partial charge in [0.15, 0.2) is 0 Å². The van der Waals surface area contributed by atoms with Gasteiger partial charge in [-0.1, -0.05) is 30.3 Å². The van der Waals surface area contributed by atoms with Crippen molar-refractivity contribution in [3.8, 4) is 6.07 Å². The van der Waals surface area contributed by atoms with E-state index in [2.05, 4.69) is 21.7 Å². The lowest BCUT2D eigenvalue weighted by Crippen LogP contribution is -2.45. The number of amides is 1. The molecule has 5 nitrogen and oxygen atoms in total. The van der Waals surface area contributed by atoms with E-state index in [1.54, 1.807) is 18.3 Å². The molecule has 1 fully saturated rings. The molecule has 1 amide bonds. The summed E-state index contributed by atoms with van der Waals surface area (Å²) in [5.41, 5.74) is 1.55. The van der Waals surface area contributed by atoms with Crippen molar-refractivity contribution in [2.24, 2.45) is 0 Å². The van der Waals surface area contributed by atoms with Crippen LogP contribution in [-0.2, 0) is 4.79 Å². The standard InChI is InChI=1S/C17H16N4O/c18-11-13-7-4-10-19-17(13)20-14-8-9-15(22)21-16(14)12-5-2-1-3-6-12/h1-7,10,14,16H,8-9H2,(H,19,20)(H,21,22)/t14-,16+/m1/s1. The Kier molecular flexibility index (Phi) is 4.01. The van der Waals surface area contributed by atoms with E-state index in [-0.39, 0.29) is 18.0 Å². The summed E-state index contributed by atoms with van der Waals surface area (Å²) in [6.45, 7) is 0. The number of pyridine rings is 1. The van der Waals surface area contributed by atoms with E-state index in [0.29, 0.717) is 24.2 Å². The lowest BCUT2D eigenvalue weighted by Gasteiger charge is -2.33. The highest BCUT2D eigenvalue weighted by molar-refractivity contribution is 5.78. The lowest BCUT2D eigenvalue weighted by atomic mass is 9.92. The largest absolute Gasteiger partial charge is 0.364 e. The zero-order valence-corrected chi connectivity index (χ0v) is 12.0. The quantitative estimate of drug-likeness (QED) is 0.910. The van der Waals surface area contributed by atoms with Crippen LogP contribution >= 0.6 is 0 Å². The summed E-state index contributed by atoms with van der Waals surface area (Å²) < 4.78 is 0. The Labute approximate surface area is 129 Å². The van der Waals surface area contributed by atoms with Crippen molar-refractivity contribution in [3.05, 3.63) is 59.8 Å². The van der Waals surface area contributed by atoms with Crippen LogP contribution in [0.25, 0.3) is 0 Å². The number of piperidine rings is 1. The fourth-order valence-electron chi connectivity index (χ4n) is 2.72. The van der Waals surface area contributed by atoms with E-state index >= 15 is 0 Å². The number of carbonyl (C=O) groups is 1. The van der Waals surface area contributed by atoms with Crippen molar-refractivity contribution in [1.82, 2.24) is 10.3 Å². The number of anilines is 1. The second-order valence-electron chi connectivity index (χ2n) is 5.26. The van der Waals surface area contributed by atoms with Gasteiger partial charge < -0.3 is 10.6 Å². The predicted molar refractivity (Wildman–Crippen MR) is 82.9 cm³/mol. The smallest absolute Gasteiger partial charge is 0.220 e. The SMILES string of the molecule is N#Cc1cccnc1N[C@@H]1CCC(=O)N[C@H]1c1ccccc1. The molecule has 2 atom stereocenters. The van der Waals surface area contributed by atoms with Crippen LogP contribution in [0.5, 0.6) is 0 Å². The lowest BCUT2D eigenvalue weighted by molar-refractivity contribution is -0.123. The average Bonchev–Trinajstić information content (AvgIpc) is 2.58. The second-order valence-corrected chi connectivity index (χ2v) is 5.26. The third kappa shape index (κ3) is 2.91. The maximum atomic E-state index is 11.8. The van der Waals surface area contributed by atoms with Crippen LogP contribution < -0.4 is 10.6 Å². The predicted octanol–water partition coefficient (Wildman–Crippen LogP) is 2.39. The van der Waals surface area contributed by atoms with Crippen molar-refractivity contribution in [2.75, 3.05) is 5.32 Å². The molecule has 1 aromatic carbocycles. The van der Waals surface area contributed by atoms with Crippen LogP contribution in [0.3, 0.4) is 0 Å². The van der Waals surface area contributed by atoms with Gasteiger partial charge in [-0.15, -0.1) is 0 Å². The van der Waals surface area contributed by atoms with Gasteiger partial charge in [0.05, 0.1) is 17.6 Å². The molecule has 2 aromatic rings. The number of nitrogens with one attached hydrogen (secondary N) is 2. The summed E-state index contributed by atoms with van der Waals surface area (Å²) in [7, 11) is 0. The van der Waals surface area contributed by atoms with Gasteiger partial charge in [-0.3, -0.25) is 4.79 Å². The topological polar surface area (TPSA) is 77.8 Å². The summed E-state index contributed by atoms with van der Waals surface area (Å²) in [6, 6.07) is 15.3. The zero-order valence-electron chi connectivity index (χ0n) is 12.0. The van der Waals surface area contributed by atoms with Crippen LogP contribution in [0, 0.1) is 11.3 Å². The minimum atomic E-state index is -0.129. The zero-order chi connectivity index (χ0) is 15.4.